The van der Waals surface area contributed by atoms with Gasteiger partial charge in [-0.1, -0.05) is 45.0 Å². The molecular formula is C17H22N2O2. The van der Waals surface area contributed by atoms with Gasteiger partial charge in [-0.3, -0.25) is 9.36 Å². The zero-order valence-corrected chi connectivity index (χ0v) is 13.0. The summed E-state index contributed by atoms with van der Waals surface area (Å²) >= 11 is 0. The van der Waals surface area contributed by atoms with Gasteiger partial charge in [-0.2, -0.15) is 0 Å². The van der Waals surface area contributed by atoms with E-state index in [-0.39, 0.29) is 17.5 Å². The zero-order chi connectivity index (χ0) is 15.6. The molecule has 1 atom stereocenters. The summed E-state index contributed by atoms with van der Waals surface area (Å²) in [6.07, 6.45) is 0.802. The topological polar surface area (TPSA) is 55.1 Å². The highest BCUT2D eigenvalue weighted by molar-refractivity contribution is 5.27. The number of nitrogens with zero attached hydrogens (tertiary/aromatic N) is 2. The standard InChI is InChI=1S/C17H22N2O2/c1-12-7-5-6-8-13(12)14(20)10-19-11-18-15(9-16(19)21)17(2,3)4/h5-9,11,14,20H,10H2,1-4H3. The molecule has 0 aliphatic carbocycles. The van der Waals surface area contributed by atoms with E-state index in [1.165, 1.54) is 10.9 Å². The summed E-state index contributed by atoms with van der Waals surface area (Å²) < 4.78 is 1.45. The smallest absolute Gasteiger partial charge is 0.253 e. The Kier molecular flexibility index (Phi) is 4.28. The van der Waals surface area contributed by atoms with Crippen LogP contribution in [0.4, 0.5) is 0 Å². The highest BCUT2D eigenvalue weighted by Gasteiger charge is 2.17. The normalized spacial score (nSPS) is 13.2. The van der Waals surface area contributed by atoms with Crippen LogP contribution in [0.25, 0.3) is 0 Å². The van der Waals surface area contributed by atoms with Crippen LogP contribution in [-0.2, 0) is 12.0 Å². The van der Waals surface area contributed by atoms with Gasteiger partial charge in [0.2, 0.25) is 0 Å². The molecule has 0 spiro atoms. The van der Waals surface area contributed by atoms with Gasteiger partial charge in [-0.25, -0.2) is 4.98 Å². The lowest BCUT2D eigenvalue weighted by Crippen LogP contribution is -2.26. The van der Waals surface area contributed by atoms with Gasteiger partial charge in [-0.05, 0) is 18.1 Å². The van der Waals surface area contributed by atoms with Crippen LogP contribution in [0.1, 0.15) is 43.7 Å². The molecule has 0 saturated carbocycles. The molecule has 112 valence electrons. The molecule has 4 heteroatoms. The first-order valence-corrected chi connectivity index (χ1v) is 7.09. The average Bonchev–Trinajstić information content (AvgIpc) is 2.40. The number of hydrogen-bond donors (Lipinski definition) is 1. The average molecular weight is 286 g/mol. The number of aryl methyl sites for hydroxylation is 1. The van der Waals surface area contributed by atoms with E-state index in [0.29, 0.717) is 0 Å². The maximum atomic E-state index is 12.2. The fourth-order valence-electron chi connectivity index (χ4n) is 2.22. The van der Waals surface area contributed by atoms with Crippen molar-refractivity contribution in [3.63, 3.8) is 0 Å². The summed E-state index contributed by atoms with van der Waals surface area (Å²) in [6, 6.07) is 9.18. The number of hydrogen-bond acceptors (Lipinski definition) is 3. The number of aromatic nitrogens is 2. The molecule has 2 aromatic rings. The van der Waals surface area contributed by atoms with Crippen LogP contribution in [0.15, 0.2) is 41.5 Å². The molecule has 0 bridgehead atoms. The van der Waals surface area contributed by atoms with Gasteiger partial charge in [0.15, 0.2) is 0 Å². The van der Waals surface area contributed by atoms with Crippen LogP contribution >= 0.6 is 0 Å². The molecule has 0 amide bonds. The summed E-state index contributed by atoms with van der Waals surface area (Å²) in [6.45, 7) is 8.20. The number of rotatable bonds is 3. The quantitative estimate of drug-likeness (QED) is 0.943. The molecule has 2 rings (SSSR count). The van der Waals surface area contributed by atoms with Gasteiger partial charge in [0.05, 0.1) is 24.7 Å². The molecule has 0 fully saturated rings. The summed E-state index contributed by atoms with van der Waals surface area (Å²) in [4.78, 5) is 16.5. The number of aliphatic hydroxyl groups excluding tert-OH is 1. The predicted octanol–water partition coefficient (Wildman–Crippen LogP) is 2.58. The monoisotopic (exact) mass is 286 g/mol. The molecule has 0 aliphatic heterocycles. The van der Waals surface area contributed by atoms with Gasteiger partial charge in [-0.15, -0.1) is 0 Å². The number of benzene rings is 1. The molecular weight excluding hydrogens is 264 g/mol. The van der Waals surface area contributed by atoms with Crippen LogP contribution in [0, 0.1) is 6.92 Å². The van der Waals surface area contributed by atoms with Gasteiger partial charge in [0.1, 0.15) is 0 Å². The molecule has 1 aromatic heterocycles. The molecule has 1 heterocycles. The van der Waals surface area contributed by atoms with Crippen LogP contribution < -0.4 is 5.56 Å². The Bertz CT molecular complexity index is 684. The molecule has 1 aromatic carbocycles. The van der Waals surface area contributed by atoms with Gasteiger partial charge < -0.3 is 5.11 Å². The maximum Gasteiger partial charge on any atom is 0.253 e. The molecule has 4 nitrogen and oxygen atoms in total. The van der Waals surface area contributed by atoms with Crippen molar-refractivity contribution < 1.29 is 5.11 Å². The lowest BCUT2D eigenvalue weighted by Gasteiger charge is -2.19. The van der Waals surface area contributed by atoms with Gasteiger partial charge in [0, 0.05) is 11.5 Å². The Labute approximate surface area is 125 Å². The van der Waals surface area contributed by atoms with Crippen molar-refractivity contribution in [2.45, 2.75) is 45.8 Å². The highest BCUT2D eigenvalue weighted by Crippen LogP contribution is 2.20. The minimum Gasteiger partial charge on any atom is -0.387 e. The lowest BCUT2D eigenvalue weighted by atomic mass is 9.92. The Balaban J connectivity index is 2.25. The van der Waals surface area contributed by atoms with E-state index in [1.54, 1.807) is 6.07 Å². The van der Waals surface area contributed by atoms with Crippen molar-refractivity contribution in [3.05, 3.63) is 63.8 Å². The molecule has 21 heavy (non-hydrogen) atoms. The Morgan fingerprint density at radius 1 is 1.29 bits per heavy atom. The Morgan fingerprint density at radius 2 is 1.95 bits per heavy atom. The minimum absolute atomic E-state index is 0.137. The summed E-state index contributed by atoms with van der Waals surface area (Å²) in [5.41, 5.74) is 2.31. The van der Waals surface area contributed by atoms with E-state index in [2.05, 4.69) is 4.98 Å². The Morgan fingerprint density at radius 3 is 2.52 bits per heavy atom. The summed E-state index contributed by atoms with van der Waals surface area (Å²) in [5.74, 6) is 0. The second-order valence-corrected chi connectivity index (χ2v) is 6.39. The first-order valence-electron chi connectivity index (χ1n) is 7.09. The van der Waals surface area contributed by atoms with Crippen LogP contribution in [0.3, 0.4) is 0 Å². The third-order valence-corrected chi connectivity index (χ3v) is 3.56. The molecule has 0 radical (unpaired) electrons. The summed E-state index contributed by atoms with van der Waals surface area (Å²) in [7, 11) is 0. The fourth-order valence-corrected chi connectivity index (χ4v) is 2.22. The fraction of sp³-hybridized carbons (Fsp3) is 0.412. The van der Waals surface area contributed by atoms with E-state index >= 15 is 0 Å². The minimum atomic E-state index is -0.716. The first-order chi connectivity index (χ1) is 9.79. The van der Waals surface area contributed by atoms with E-state index in [4.69, 9.17) is 0 Å². The molecule has 0 aliphatic rings. The van der Waals surface area contributed by atoms with Crippen molar-refractivity contribution in [3.8, 4) is 0 Å². The van der Waals surface area contributed by atoms with E-state index in [1.807, 2.05) is 52.0 Å². The summed E-state index contributed by atoms with van der Waals surface area (Å²) in [5, 5.41) is 10.3. The zero-order valence-electron chi connectivity index (χ0n) is 13.0. The SMILES string of the molecule is Cc1ccccc1C(O)Cn1cnc(C(C)(C)C)cc1=O. The number of aliphatic hydroxyl groups is 1. The van der Waals surface area contributed by atoms with E-state index in [0.717, 1.165) is 16.8 Å². The predicted molar refractivity (Wildman–Crippen MR) is 83.3 cm³/mol. The van der Waals surface area contributed by atoms with Crippen molar-refractivity contribution in [2.75, 3.05) is 0 Å². The first kappa shape index (κ1) is 15.4. The van der Waals surface area contributed by atoms with Crippen LogP contribution in [0.2, 0.25) is 0 Å². The van der Waals surface area contributed by atoms with Gasteiger partial charge >= 0.3 is 0 Å². The lowest BCUT2D eigenvalue weighted by molar-refractivity contribution is 0.154. The third kappa shape index (κ3) is 3.58. The second kappa shape index (κ2) is 5.82. The van der Waals surface area contributed by atoms with E-state index < -0.39 is 6.10 Å². The second-order valence-electron chi connectivity index (χ2n) is 6.39. The Hall–Kier alpha value is -1.94. The van der Waals surface area contributed by atoms with Crippen molar-refractivity contribution in [2.24, 2.45) is 0 Å². The maximum absolute atomic E-state index is 12.2. The molecule has 1 unspecified atom stereocenters. The third-order valence-electron chi connectivity index (χ3n) is 3.56. The van der Waals surface area contributed by atoms with Crippen LogP contribution in [0.5, 0.6) is 0 Å². The van der Waals surface area contributed by atoms with E-state index in [9.17, 15) is 9.90 Å². The highest BCUT2D eigenvalue weighted by atomic mass is 16.3. The van der Waals surface area contributed by atoms with Crippen molar-refractivity contribution in [1.29, 1.82) is 0 Å². The van der Waals surface area contributed by atoms with Crippen molar-refractivity contribution >= 4 is 0 Å². The molecule has 1 N–H and O–H groups in total. The largest absolute Gasteiger partial charge is 0.387 e. The van der Waals surface area contributed by atoms with Gasteiger partial charge in [0.25, 0.3) is 5.56 Å². The molecule has 0 saturated heterocycles. The van der Waals surface area contributed by atoms with Crippen molar-refractivity contribution in [1.82, 2.24) is 9.55 Å². The van der Waals surface area contributed by atoms with Crippen LogP contribution in [-0.4, -0.2) is 14.7 Å².